The van der Waals surface area contributed by atoms with E-state index in [0.717, 1.165) is 12.8 Å². The lowest BCUT2D eigenvalue weighted by Gasteiger charge is -2.07. The number of aliphatic hydroxyl groups is 1. The zero-order chi connectivity index (χ0) is 9.68. The van der Waals surface area contributed by atoms with Crippen molar-refractivity contribution in [3.05, 3.63) is 12.2 Å². The van der Waals surface area contributed by atoms with Crippen molar-refractivity contribution in [2.75, 3.05) is 13.1 Å². The second kappa shape index (κ2) is 4.99. The van der Waals surface area contributed by atoms with Crippen LogP contribution in [0, 0.1) is 5.92 Å². The van der Waals surface area contributed by atoms with Crippen LogP contribution in [0.5, 0.6) is 0 Å². The predicted octanol–water partition coefficient (Wildman–Crippen LogP) is -0.612. The van der Waals surface area contributed by atoms with Crippen LogP contribution in [-0.4, -0.2) is 30.2 Å². The molecule has 0 radical (unpaired) electrons. The van der Waals surface area contributed by atoms with Crippen molar-refractivity contribution in [3.63, 3.8) is 0 Å². The highest BCUT2D eigenvalue weighted by atomic mass is 16.3. The number of carbonyl (C=O) groups excluding carboxylic acids is 1. The van der Waals surface area contributed by atoms with Crippen LogP contribution in [0.15, 0.2) is 12.2 Å². The van der Waals surface area contributed by atoms with Crippen LogP contribution in [0.4, 0.5) is 0 Å². The lowest BCUT2D eigenvalue weighted by atomic mass is 10.2. The molecule has 1 atom stereocenters. The second-order valence-electron chi connectivity index (χ2n) is 3.23. The molecule has 0 aromatic rings. The van der Waals surface area contributed by atoms with Crippen LogP contribution in [-0.2, 0) is 4.79 Å². The lowest BCUT2D eigenvalue weighted by molar-refractivity contribution is -0.130. The summed E-state index contributed by atoms with van der Waals surface area (Å²) in [7, 11) is 0. The predicted molar refractivity (Wildman–Crippen MR) is 49.9 cm³/mol. The first kappa shape index (κ1) is 10.2. The van der Waals surface area contributed by atoms with Gasteiger partial charge < -0.3 is 16.2 Å². The van der Waals surface area contributed by atoms with Gasteiger partial charge in [0, 0.05) is 13.1 Å². The van der Waals surface area contributed by atoms with E-state index in [0.29, 0.717) is 13.1 Å². The molecule has 4 heteroatoms. The Morgan fingerprint density at radius 2 is 2.31 bits per heavy atom. The summed E-state index contributed by atoms with van der Waals surface area (Å²) in [5.41, 5.74) is 5.21. The first-order valence-corrected chi connectivity index (χ1v) is 4.56. The molecule has 0 aromatic heterocycles. The molecule has 4 N–H and O–H groups in total. The average molecular weight is 184 g/mol. The normalized spacial score (nSPS) is 18.9. The molecule has 1 unspecified atom stereocenters. The highest BCUT2D eigenvalue weighted by Crippen LogP contribution is 2.32. The third kappa shape index (κ3) is 3.57. The van der Waals surface area contributed by atoms with E-state index in [1.54, 1.807) is 12.2 Å². The second-order valence-corrected chi connectivity index (χ2v) is 3.23. The molecule has 0 heterocycles. The van der Waals surface area contributed by atoms with Gasteiger partial charge in [0.05, 0.1) is 0 Å². The van der Waals surface area contributed by atoms with Crippen molar-refractivity contribution < 1.29 is 9.90 Å². The summed E-state index contributed by atoms with van der Waals surface area (Å²) >= 11 is 0. The molecule has 1 aliphatic rings. The van der Waals surface area contributed by atoms with Gasteiger partial charge in [-0.2, -0.15) is 0 Å². The van der Waals surface area contributed by atoms with Gasteiger partial charge in [-0.25, -0.2) is 0 Å². The Bertz CT molecular complexity index is 200. The smallest absolute Gasteiger partial charge is 0.249 e. The number of hydrogen-bond donors (Lipinski definition) is 3. The number of nitrogens with one attached hydrogen (secondary N) is 1. The van der Waals surface area contributed by atoms with E-state index in [1.807, 2.05) is 0 Å². The van der Waals surface area contributed by atoms with Crippen molar-refractivity contribution in [1.29, 1.82) is 0 Å². The summed E-state index contributed by atoms with van der Waals surface area (Å²) in [6.45, 7) is 0.918. The maximum atomic E-state index is 11.2. The molecular weight excluding hydrogens is 168 g/mol. The van der Waals surface area contributed by atoms with E-state index in [2.05, 4.69) is 5.32 Å². The molecule has 1 fully saturated rings. The number of carbonyl (C=O) groups is 1. The number of hydrogen-bond acceptors (Lipinski definition) is 3. The molecule has 0 aliphatic heterocycles. The fourth-order valence-corrected chi connectivity index (χ4v) is 1.07. The van der Waals surface area contributed by atoms with Crippen LogP contribution in [0.2, 0.25) is 0 Å². The van der Waals surface area contributed by atoms with Gasteiger partial charge in [0.1, 0.15) is 6.10 Å². The summed E-state index contributed by atoms with van der Waals surface area (Å²) in [5, 5.41) is 12.0. The molecule has 0 aromatic carbocycles. The van der Waals surface area contributed by atoms with Gasteiger partial charge in [-0.3, -0.25) is 4.79 Å². The average Bonchev–Trinajstić information content (AvgIpc) is 2.94. The highest BCUT2D eigenvalue weighted by molar-refractivity contribution is 5.81. The zero-order valence-electron chi connectivity index (χ0n) is 7.57. The van der Waals surface area contributed by atoms with E-state index in [1.165, 1.54) is 0 Å². The van der Waals surface area contributed by atoms with Crippen molar-refractivity contribution in [3.8, 4) is 0 Å². The van der Waals surface area contributed by atoms with Crippen molar-refractivity contribution in [2.24, 2.45) is 11.7 Å². The van der Waals surface area contributed by atoms with Crippen molar-refractivity contribution in [2.45, 2.75) is 18.9 Å². The number of aliphatic hydroxyl groups excluding tert-OH is 1. The Kier molecular flexibility index (Phi) is 3.92. The Morgan fingerprint density at radius 3 is 2.85 bits per heavy atom. The Morgan fingerprint density at radius 1 is 1.62 bits per heavy atom. The maximum Gasteiger partial charge on any atom is 0.249 e. The summed E-state index contributed by atoms with van der Waals surface area (Å²) in [5.74, 6) is -0.0809. The molecule has 0 bridgehead atoms. The fourth-order valence-electron chi connectivity index (χ4n) is 1.07. The molecular formula is C9H16N2O2. The van der Waals surface area contributed by atoms with E-state index >= 15 is 0 Å². The third-order valence-electron chi connectivity index (χ3n) is 2.03. The van der Waals surface area contributed by atoms with Gasteiger partial charge in [-0.1, -0.05) is 12.2 Å². The minimum Gasteiger partial charge on any atom is -0.383 e. The molecule has 74 valence electrons. The molecule has 0 saturated heterocycles. The van der Waals surface area contributed by atoms with E-state index in [9.17, 15) is 9.90 Å². The molecule has 13 heavy (non-hydrogen) atoms. The highest BCUT2D eigenvalue weighted by Gasteiger charge is 2.34. The molecule has 4 nitrogen and oxygen atoms in total. The molecule has 1 amide bonds. The maximum absolute atomic E-state index is 11.2. The first-order chi connectivity index (χ1) is 6.25. The Labute approximate surface area is 77.8 Å². The summed E-state index contributed by atoms with van der Waals surface area (Å²) in [6, 6.07) is 0. The minimum absolute atomic E-state index is 0.193. The number of amides is 1. The van der Waals surface area contributed by atoms with E-state index < -0.39 is 6.10 Å². The van der Waals surface area contributed by atoms with Gasteiger partial charge in [0.2, 0.25) is 5.91 Å². The van der Waals surface area contributed by atoms with Gasteiger partial charge in [-0.15, -0.1) is 0 Å². The van der Waals surface area contributed by atoms with Crippen LogP contribution in [0.25, 0.3) is 0 Å². The molecule has 1 rings (SSSR count). The SMILES string of the molecule is NCC=CCNC(=O)C(O)C1CC1. The monoisotopic (exact) mass is 184 g/mol. The van der Waals surface area contributed by atoms with Gasteiger partial charge >= 0.3 is 0 Å². The number of nitrogens with two attached hydrogens (primary N) is 1. The van der Waals surface area contributed by atoms with Gasteiger partial charge in [0.15, 0.2) is 0 Å². The quantitative estimate of drug-likeness (QED) is 0.499. The van der Waals surface area contributed by atoms with Crippen LogP contribution in [0.1, 0.15) is 12.8 Å². The van der Waals surface area contributed by atoms with Gasteiger partial charge in [0.25, 0.3) is 0 Å². The number of rotatable bonds is 5. The summed E-state index contributed by atoms with van der Waals surface area (Å²) in [6.07, 6.45) is 4.66. The fraction of sp³-hybridized carbons (Fsp3) is 0.667. The lowest BCUT2D eigenvalue weighted by Crippen LogP contribution is -2.35. The van der Waals surface area contributed by atoms with Crippen LogP contribution >= 0.6 is 0 Å². The zero-order valence-corrected chi connectivity index (χ0v) is 7.57. The van der Waals surface area contributed by atoms with Crippen molar-refractivity contribution >= 4 is 5.91 Å². The summed E-state index contributed by atoms with van der Waals surface area (Å²) in [4.78, 5) is 11.2. The minimum atomic E-state index is -0.814. The van der Waals surface area contributed by atoms with Gasteiger partial charge in [-0.05, 0) is 18.8 Å². The van der Waals surface area contributed by atoms with Crippen molar-refractivity contribution in [1.82, 2.24) is 5.32 Å². The topological polar surface area (TPSA) is 75.3 Å². The largest absolute Gasteiger partial charge is 0.383 e. The van der Waals surface area contributed by atoms with E-state index in [-0.39, 0.29) is 11.8 Å². The Balaban J connectivity index is 2.12. The van der Waals surface area contributed by atoms with E-state index in [4.69, 9.17) is 5.73 Å². The third-order valence-corrected chi connectivity index (χ3v) is 2.03. The standard InChI is InChI=1S/C9H16N2O2/c10-5-1-2-6-11-9(13)8(12)7-3-4-7/h1-2,7-8,12H,3-6,10H2,(H,11,13). The molecule has 0 spiro atoms. The van der Waals surface area contributed by atoms with Crippen LogP contribution < -0.4 is 11.1 Å². The first-order valence-electron chi connectivity index (χ1n) is 4.56. The molecule has 1 aliphatic carbocycles. The summed E-state index contributed by atoms with van der Waals surface area (Å²) < 4.78 is 0. The molecule has 1 saturated carbocycles. The Hall–Kier alpha value is -0.870. The van der Waals surface area contributed by atoms with Crippen LogP contribution in [0.3, 0.4) is 0 Å².